The molecule has 3 nitrogen and oxygen atoms in total. The van der Waals surface area contributed by atoms with Crippen molar-refractivity contribution >= 4 is 12.4 Å². The zero-order chi connectivity index (χ0) is 16.4. The molecule has 110 valence electrons. The summed E-state index contributed by atoms with van der Waals surface area (Å²) in [4.78, 5) is 1.58. The minimum Gasteiger partial charge on any atom is -0.504 e. The molecule has 0 saturated carbocycles. The monoisotopic (exact) mass is 307 g/mol. The standard InChI is InChI=1S/C17H17NO2.ClH/c1-18-8-7-10-3-2-4-12-15(10)13(18)9-11-5-6-14(19)17(20)16(11)12;/h2-6,13,19-20H,7-9H2,1H3;1H/t13-;/m0./s1/i1+1D3;. The molecule has 4 rings (SSSR count). The Kier molecular flexibility index (Phi) is 2.57. The highest BCUT2D eigenvalue weighted by Crippen LogP contribution is 2.49. The summed E-state index contributed by atoms with van der Waals surface area (Å²) >= 11 is 0. The van der Waals surface area contributed by atoms with Crippen molar-refractivity contribution in [1.29, 1.82) is 0 Å². The highest BCUT2D eigenvalue weighted by molar-refractivity contribution is 5.85. The van der Waals surface area contributed by atoms with E-state index in [9.17, 15) is 10.2 Å². The van der Waals surface area contributed by atoms with Crippen molar-refractivity contribution in [2.24, 2.45) is 0 Å². The van der Waals surface area contributed by atoms with Crippen LogP contribution in [0.4, 0.5) is 0 Å². The molecule has 2 N–H and O–H groups in total. The van der Waals surface area contributed by atoms with E-state index >= 15 is 0 Å². The SMILES string of the molecule is Cl.[2H][13C]([2H])([2H])N1CCc2cccc3c2[C@@H]1Cc1ccc(O)c(O)c1-3. The van der Waals surface area contributed by atoms with Crippen LogP contribution in [0.2, 0.25) is 0 Å². The normalized spacial score (nSPS) is 22.1. The molecule has 21 heavy (non-hydrogen) atoms. The Morgan fingerprint density at radius 3 is 2.86 bits per heavy atom. The van der Waals surface area contributed by atoms with E-state index in [1.807, 2.05) is 18.2 Å². The molecule has 0 saturated heterocycles. The van der Waals surface area contributed by atoms with Gasteiger partial charge in [-0.05, 0) is 48.1 Å². The van der Waals surface area contributed by atoms with Crippen molar-refractivity contribution in [3.63, 3.8) is 0 Å². The number of hydrogen-bond donors (Lipinski definition) is 2. The van der Waals surface area contributed by atoms with Crippen LogP contribution in [0.15, 0.2) is 30.3 Å². The molecule has 1 aliphatic carbocycles. The first kappa shape index (κ1) is 10.9. The van der Waals surface area contributed by atoms with Gasteiger partial charge in [-0.15, -0.1) is 12.4 Å². The molecule has 1 atom stereocenters. The van der Waals surface area contributed by atoms with Gasteiger partial charge in [0.05, 0.1) is 0 Å². The van der Waals surface area contributed by atoms with Crippen LogP contribution in [-0.2, 0) is 12.8 Å². The molecule has 1 heterocycles. The van der Waals surface area contributed by atoms with Gasteiger partial charge in [0.1, 0.15) is 0 Å². The van der Waals surface area contributed by atoms with E-state index in [0.717, 1.165) is 22.3 Å². The molecule has 0 spiro atoms. The second-order valence-corrected chi connectivity index (χ2v) is 5.51. The van der Waals surface area contributed by atoms with Crippen molar-refractivity contribution < 1.29 is 14.3 Å². The zero-order valence-electron chi connectivity index (χ0n) is 14.3. The van der Waals surface area contributed by atoms with E-state index in [1.54, 1.807) is 11.0 Å². The summed E-state index contributed by atoms with van der Waals surface area (Å²) in [5, 5.41) is 20.1. The number of rotatable bonds is 0. The smallest absolute Gasteiger partial charge is 0.165 e. The van der Waals surface area contributed by atoms with Gasteiger partial charge in [-0.25, -0.2) is 0 Å². The van der Waals surface area contributed by atoms with Crippen molar-refractivity contribution in [3.05, 3.63) is 47.0 Å². The predicted octanol–water partition coefficient (Wildman–Crippen LogP) is 3.27. The quantitative estimate of drug-likeness (QED) is 0.580. The number of likely N-dealkylation sites (N-methyl/N-ethyl adjacent to an activating group) is 1. The van der Waals surface area contributed by atoms with Gasteiger partial charge in [-0.1, -0.05) is 24.3 Å². The van der Waals surface area contributed by atoms with Crippen molar-refractivity contribution in [2.75, 3.05) is 13.5 Å². The number of hydrogen-bond acceptors (Lipinski definition) is 3. The van der Waals surface area contributed by atoms with Gasteiger partial charge in [0, 0.05) is 22.3 Å². The first-order chi connectivity index (χ1) is 10.9. The van der Waals surface area contributed by atoms with Gasteiger partial charge < -0.3 is 10.2 Å². The fourth-order valence-corrected chi connectivity index (χ4v) is 3.51. The summed E-state index contributed by atoms with van der Waals surface area (Å²) in [5.74, 6) is -0.274. The number of aromatic hydroxyl groups is 2. The van der Waals surface area contributed by atoms with Gasteiger partial charge in [-0.2, -0.15) is 0 Å². The van der Waals surface area contributed by atoms with Crippen LogP contribution in [0.1, 0.15) is 26.8 Å². The predicted molar refractivity (Wildman–Crippen MR) is 85.2 cm³/mol. The summed E-state index contributed by atoms with van der Waals surface area (Å²) in [6.07, 6.45) is 1.19. The lowest BCUT2D eigenvalue weighted by Crippen LogP contribution is -2.35. The van der Waals surface area contributed by atoms with E-state index in [1.165, 1.54) is 6.07 Å². The molecule has 4 heteroatoms. The van der Waals surface area contributed by atoms with Gasteiger partial charge in [0.2, 0.25) is 0 Å². The molecular weight excluding hydrogens is 287 g/mol. The molecule has 0 fully saturated rings. The average Bonchev–Trinajstić information content (AvgIpc) is 2.50. The minimum absolute atomic E-state index is 0. The van der Waals surface area contributed by atoms with Crippen LogP contribution in [0.25, 0.3) is 11.1 Å². The Hall–Kier alpha value is -1.71. The van der Waals surface area contributed by atoms with Crippen molar-refractivity contribution in [1.82, 2.24) is 4.90 Å². The third kappa shape index (κ3) is 1.92. The maximum atomic E-state index is 10.3. The minimum atomic E-state index is -2.15. The van der Waals surface area contributed by atoms with Crippen LogP contribution >= 0.6 is 12.4 Å². The number of benzene rings is 2. The second kappa shape index (κ2) is 4.93. The molecule has 2 aliphatic rings. The molecule has 0 bridgehead atoms. The van der Waals surface area contributed by atoms with Gasteiger partial charge >= 0.3 is 0 Å². The van der Waals surface area contributed by atoms with E-state index < -0.39 is 6.98 Å². The highest BCUT2D eigenvalue weighted by atomic mass is 35.5. The summed E-state index contributed by atoms with van der Waals surface area (Å²) in [6.45, 7) is -1.65. The molecule has 0 aromatic heterocycles. The maximum absolute atomic E-state index is 10.3. The zero-order valence-corrected chi connectivity index (χ0v) is 12.2. The maximum Gasteiger partial charge on any atom is 0.165 e. The fourth-order valence-electron chi connectivity index (χ4n) is 3.51. The number of nitrogens with zero attached hydrogens (tertiary/aromatic N) is 1. The van der Waals surface area contributed by atoms with Gasteiger partial charge in [0.15, 0.2) is 11.5 Å². The second-order valence-electron chi connectivity index (χ2n) is 5.51. The Balaban J connectivity index is 0.00000169. The van der Waals surface area contributed by atoms with Crippen LogP contribution in [0.3, 0.4) is 0 Å². The Morgan fingerprint density at radius 2 is 2.05 bits per heavy atom. The number of halogens is 1. The highest BCUT2D eigenvalue weighted by Gasteiger charge is 2.33. The lowest BCUT2D eigenvalue weighted by atomic mass is 9.77. The van der Waals surface area contributed by atoms with E-state index in [-0.39, 0.29) is 29.9 Å². The Labute approximate surface area is 134 Å². The molecular formula is C17H18ClNO2. The van der Waals surface area contributed by atoms with Crippen LogP contribution in [-0.4, -0.2) is 28.6 Å². The molecule has 2 aromatic rings. The van der Waals surface area contributed by atoms with Gasteiger partial charge in [-0.3, -0.25) is 4.90 Å². The van der Waals surface area contributed by atoms with Crippen molar-refractivity contribution in [2.45, 2.75) is 18.9 Å². The largest absolute Gasteiger partial charge is 0.504 e. The fraction of sp³-hybridized carbons (Fsp3) is 0.294. The summed E-state index contributed by atoms with van der Waals surface area (Å²) in [7, 11) is 0. The molecule has 0 unspecified atom stereocenters. The van der Waals surface area contributed by atoms with E-state index in [0.29, 0.717) is 24.9 Å². The van der Waals surface area contributed by atoms with E-state index in [2.05, 4.69) is 0 Å². The van der Waals surface area contributed by atoms with Crippen LogP contribution < -0.4 is 0 Å². The van der Waals surface area contributed by atoms with Crippen LogP contribution in [0, 0.1) is 0 Å². The third-order valence-electron chi connectivity index (χ3n) is 4.45. The summed E-state index contributed by atoms with van der Waals surface area (Å²) in [6, 6.07) is 8.85. The summed E-state index contributed by atoms with van der Waals surface area (Å²) < 4.78 is 23.5. The first-order valence-corrected chi connectivity index (χ1v) is 6.80. The van der Waals surface area contributed by atoms with Crippen molar-refractivity contribution in [3.8, 4) is 22.6 Å². The molecule has 0 amide bonds. The Bertz CT molecular complexity index is 807. The molecule has 0 radical (unpaired) electrons. The number of fused-ring (bicyclic) bond motifs is 2. The van der Waals surface area contributed by atoms with E-state index in [4.69, 9.17) is 4.11 Å². The molecule has 1 aliphatic heterocycles. The van der Waals surface area contributed by atoms with Gasteiger partial charge in [0.25, 0.3) is 0 Å². The molecule has 2 aromatic carbocycles. The third-order valence-corrected chi connectivity index (χ3v) is 4.45. The summed E-state index contributed by atoms with van der Waals surface area (Å²) in [5.41, 5.74) is 4.43. The lowest BCUT2D eigenvalue weighted by molar-refractivity contribution is 0.228. The number of phenolic OH excluding ortho intramolecular Hbond substituents is 2. The van der Waals surface area contributed by atoms with Crippen LogP contribution in [0.5, 0.6) is 11.5 Å². The number of phenols is 2. The average molecular weight is 308 g/mol. The lowest BCUT2D eigenvalue weighted by Gasteiger charge is -2.39. The first-order valence-electron chi connectivity index (χ1n) is 8.30. The topological polar surface area (TPSA) is 43.7 Å². The Morgan fingerprint density at radius 1 is 1.19 bits per heavy atom.